The molecule has 21 nitrogen and oxygen atoms in total. The van der Waals surface area contributed by atoms with Gasteiger partial charge in [-0.1, -0.05) is 0 Å². The first-order chi connectivity index (χ1) is 18.0. The second kappa shape index (κ2) is 13.1. The molecule has 0 aliphatic carbocycles. The number of nitrogen functional groups attached to an aromatic ring is 1. The van der Waals surface area contributed by atoms with Crippen LogP contribution in [0.4, 0.5) is 5.82 Å². The van der Waals surface area contributed by atoms with Crippen LogP contribution in [0.5, 0.6) is 0 Å². The molecule has 0 amide bonds. The second-order valence-corrected chi connectivity index (χ2v) is 11.0. The number of aromatic nitrogens is 4. The molecule has 0 spiro atoms. The van der Waals surface area contributed by atoms with Crippen molar-refractivity contribution in [1.82, 2.24) is 19.5 Å². The number of aliphatic hydroxyl groups excluding tert-OH is 8. The number of carbonyl (C=O) groups is 1. The molecule has 23 heteroatoms. The molecular formula is C16H27N5O16P2. The Balaban J connectivity index is 0.000000273. The summed E-state index contributed by atoms with van der Waals surface area (Å²) >= 11 is 0. The highest BCUT2D eigenvalue weighted by molar-refractivity contribution is 7.76. The monoisotopic (exact) mass is 607 g/mol. The first-order valence-corrected chi connectivity index (χ1v) is 13.6. The molecule has 0 radical (unpaired) electrons. The van der Waals surface area contributed by atoms with Gasteiger partial charge in [0.05, 0.1) is 19.5 Å². The number of anilines is 1. The molecule has 3 heterocycles. The van der Waals surface area contributed by atoms with E-state index in [4.69, 9.17) is 45.6 Å². The van der Waals surface area contributed by atoms with E-state index in [9.17, 15) is 34.4 Å². The van der Waals surface area contributed by atoms with Crippen molar-refractivity contribution in [3.8, 4) is 0 Å². The molecule has 2 aromatic heterocycles. The lowest BCUT2D eigenvalue weighted by Crippen LogP contribution is -2.48. The van der Waals surface area contributed by atoms with E-state index in [0.29, 0.717) is 11.2 Å². The summed E-state index contributed by atoms with van der Waals surface area (Å²) in [7, 11) is -11.2. The highest BCUT2D eigenvalue weighted by atomic mass is 31.3. The SMILES string of the molecule is Nc1ncnc2c1ncn2[C@@H]1O[C@H](CO)[C@@H](O)[C@H]1O.O=C([C@H](O)[C@@H](O)[C@H](O)[C@H](O)CO)P(=O)(O)OP(=O)(O)O. The normalized spacial score (nSPS) is 26.2. The number of hydrogen-bond donors (Lipinski definition) is 12. The average molecular weight is 607 g/mol. The molecule has 1 saturated heterocycles. The summed E-state index contributed by atoms with van der Waals surface area (Å²) in [6.07, 6.45) is -11.0. The molecule has 9 atom stereocenters. The van der Waals surface area contributed by atoms with E-state index in [1.165, 1.54) is 17.2 Å². The van der Waals surface area contributed by atoms with Crippen molar-refractivity contribution >= 4 is 37.9 Å². The Hall–Kier alpha value is -2.04. The number of nitrogens with two attached hydrogens (primary N) is 1. The molecule has 1 aliphatic rings. The van der Waals surface area contributed by atoms with E-state index in [1.807, 2.05) is 0 Å². The molecule has 13 N–H and O–H groups in total. The fourth-order valence-electron chi connectivity index (χ4n) is 3.19. The Morgan fingerprint density at radius 3 is 2.18 bits per heavy atom. The lowest BCUT2D eigenvalue weighted by atomic mass is 10.0. The predicted molar refractivity (Wildman–Crippen MR) is 122 cm³/mol. The van der Waals surface area contributed by atoms with Gasteiger partial charge in [-0.2, -0.15) is 0 Å². The van der Waals surface area contributed by atoms with Gasteiger partial charge in [0.1, 0.15) is 48.5 Å². The van der Waals surface area contributed by atoms with E-state index < -0.39 is 83.1 Å². The minimum atomic E-state index is -5.66. The number of imidazole rings is 1. The number of nitrogens with zero attached hydrogens (tertiary/aromatic N) is 4. The summed E-state index contributed by atoms with van der Waals surface area (Å²) in [5, 5.41) is 73.8. The third-order valence-corrected chi connectivity index (χ3v) is 7.74. The summed E-state index contributed by atoms with van der Waals surface area (Å²) in [5.74, 6) is 0.218. The molecule has 1 aliphatic heterocycles. The molecule has 0 aromatic carbocycles. The van der Waals surface area contributed by atoms with Gasteiger partial charge in [-0.25, -0.2) is 23.8 Å². The highest BCUT2D eigenvalue weighted by Gasteiger charge is 2.46. The van der Waals surface area contributed by atoms with Crippen molar-refractivity contribution < 1.29 is 78.5 Å². The number of phosphoric acid groups is 1. The highest BCUT2D eigenvalue weighted by Crippen LogP contribution is 2.58. The minimum Gasteiger partial charge on any atom is -0.394 e. The number of aliphatic hydroxyl groups is 8. The van der Waals surface area contributed by atoms with Crippen molar-refractivity contribution in [2.24, 2.45) is 0 Å². The Labute approximate surface area is 217 Å². The maximum absolute atomic E-state index is 11.3. The summed E-state index contributed by atoms with van der Waals surface area (Å²) in [4.78, 5) is 48.7. The van der Waals surface area contributed by atoms with E-state index in [2.05, 4.69) is 19.3 Å². The van der Waals surface area contributed by atoms with Crippen LogP contribution in [0.1, 0.15) is 6.23 Å². The van der Waals surface area contributed by atoms with Crippen molar-refractivity contribution in [2.45, 2.75) is 49.0 Å². The van der Waals surface area contributed by atoms with Gasteiger partial charge in [0.25, 0.3) is 5.52 Å². The number of ether oxygens (including phenoxy) is 1. The zero-order valence-corrected chi connectivity index (χ0v) is 21.2. The van der Waals surface area contributed by atoms with Crippen LogP contribution in [0.2, 0.25) is 0 Å². The van der Waals surface area contributed by atoms with Crippen molar-refractivity contribution in [3.05, 3.63) is 12.7 Å². The molecular weight excluding hydrogens is 580 g/mol. The van der Waals surface area contributed by atoms with Gasteiger partial charge in [0, 0.05) is 0 Å². The van der Waals surface area contributed by atoms with Crippen LogP contribution < -0.4 is 5.73 Å². The van der Waals surface area contributed by atoms with Crippen LogP contribution in [0.25, 0.3) is 11.2 Å². The largest absolute Gasteiger partial charge is 0.477 e. The van der Waals surface area contributed by atoms with Crippen LogP contribution >= 0.6 is 15.4 Å². The maximum Gasteiger partial charge on any atom is 0.477 e. The quantitative estimate of drug-likeness (QED) is 0.112. The van der Waals surface area contributed by atoms with Gasteiger partial charge in [0.15, 0.2) is 23.8 Å². The Bertz CT molecular complexity index is 1230. The van der Waals surface area contributed by atoms with Gasteiger partial charge < -0.3 is 66.0 Å². The predicted octanol–water partition coefficient (Wildman–Crippen LogP) is -5.74. The molecule has 0 bridgehead atoms. The van der Waals surface area contributed by atoms with E-state index in [0.717, 1.165) is 0 Å². The number of hydrogen-bond acceptors (Lipinski definition) is 17. The van der Waals surface area contributed by atoms with Crippen molar-refractivity contribution in [1.29, 1.82) is 0 Å². The van der Waals surface area contributed by atoms with Crippen LogP contribution in [-0.4, -0.2) is 137 Å². The summed E-state index contributed by atoms with van der Waals surface area (Å²) in [6, 6.07) is 0. The number of fused-ring (bicyclic) bond motifs is 1. The van der Waals surface area contributed by atoms with Gasteiger partial charge >= 0.3 is 15.4 Å². The number of carbonyl (C=O) groups excluding carboxylic acids is 1. The molecule has 222 valence electrons. The van der Waals surface area contributed by atoms with Crippen LogP contribution in [0, 0.1) is 0 Å². The van der Waals surface area contributed by atoms with E-state index in [1.54, 1.807) is 0 Å². The fourth-order valence-corrected chi connectivity index (χ4v) is 5.15. The van der Waals surface area contributed by atoms with Crippen LogP contribution in [-0.2, 0) is 23.0 Å². The zero-order chi connectivity index (χ0) is 29.9. The van der Waals surface area contributed by atoms with Gasteiger partial charge in [-0.3, -0.25) is 13.9 Å². The topological polar surface area (TPSA) is 362 Å². The maximum atomic E-state index is 11.3. The third-order valence-electron chi connectivity index (χ3n) is 5.18. The van der Waals surface area contributed by atoms with Crippen molar-refractivity contribution in [2.75, 3.05) is 18.9 Å². The first kappa shape index (κ1) is 33.2. The van der Waals surface area contributed by atoms with Gasteiger partial charge in [-0.15, -0.1) is 0 Å². The van der Waals surface area contributed by atoms with Crippen LogP contribution in [0.3, 0.4) is 0 Å². The van der Waals surface area contributed by atoms with Gasteiger partial charge in [-0.05, 0) is 0 Å². The third kappa shape index (κ3) is 7.79. The lowest BCUT2D eigenvalue weighted by Gasteiger charge is -2.25. The summed E-state index contributed by atoms with van der Waals surface area (Å²) in [5.41, 5.74) is 4.23. The summed E-state index contributed by atoms with van der Waals surface area (Å²) in [6.45, 7) is -1.45. The number of rotatable bonds is 10. The minimum absolute atomic E-state index is 0.218. The molecule has 2 aromatic rings. The van der Waals surface area contributed by atoms with E-state index in [-0.39, 0.29) is 5.82 Å². The Kier molecular flexibility index (Phi) is 11.1. The second-order valence-electron chi connectivity index (χ2n) is 7.92. The Morgan fingerprint density at radius 1 is 1.05 bits per heavy atom. The molecule has 39 heavy (non-hydrogen) atoms. The zero-order valence-electron chi connectivity index (χ0n) is 19.4. The molecule has 1 unspecified atom stereocenters. The smallest absolute Gasteiger partial charge is 0.394 e. The molecule has 1 fully saturated rings. The van der Waals surface area contributed by atoms with Crippen molar-refractivity contribution in [3.63, 3.8) is 0 Å². The van der Waals surface area contributed by atoms with Gasteiger partial charge in [0.2, 0.25) is 0 Å². The average Bonchev–Trinajstić information content (AvgIpc) is 3.42. The van der Waals surface area contributed by atoms with E-state index >= 15 is 0 Å². The standard InChI is InChI=1S/C10H13N5O4.C6H14O12P2/c11-8-5-9(13-2-12-8)15(3-14-5)10-7(18)6(17)4(1-16)19-10;7-1-2(8)3(9)4(10)5(11)6(12)19(13,14)18-20(15,16)17/h2-4,6-7,10,16-18H,1H2,(H2,11,12,13);2-5,7-11H,1H2,(H,13,14)(H2,15,16,17)/t4-,6-,7-,10-;2-,3-,4+,5-/m11/s1. The molecule has 0 saturated carbocycles. The first-order valence-electron chi connectivity index (χ1n) is 10.5. The summed E-state index contributed by atoms with van der Waals surface area (Å²) < 4.78 is 31.7. The van der Waals surface area contributed by atoms with Crippen LogP contribution in [0.15, 0.2) is 12.7 Å². The lowest BCUT2D eigenvalue weighted by molar-refractivity contribution is -0.141. The fraction of sp³-hybridized carbons (Fsp3) is 0.625. The Morgan fingerprint density at radius 2 is 1.67 bits per heavy atom. The molecule has 3 rings (SSSR count).